The van der Waals surface area contributed by atoms with Crippen LogP contribution in [-0.4, -0.2) is 27.1 Å². The van der Waals surface area contributed by atoms with Gasteiger partial charge >= 0.3 is 0 Å². The van der Waals surface area contributed by atoms with Crippen molar-refractivity contribution in [1.29, 1.82) is 0 Å². The van der Waals surface area contributed by atoms with E-state index in [4.69, 9.17) is 0 Å². The topological polar surface area (TPSA) is 66.5 Å². The van der Waals surface area contributed by atoms with E-state index < -0.39 is 15.8 Å². The van der Waals surface area contributed by atoms with Crippen LogP contribution in [-0.2, 0) is 14.8 Å². The summed E-state index contributed by atoms with van der Waals surface area (Å²) in [5.74, 6) is -0.612. The van der Waals surface area contributed by atoms with Crippen LogP contribution in [0.1, 0.15) is 35.6 Å². The van der Waals surface area contributed by atoms with Crippen molar-refractivity contribution in [2.45, 2.75) is 25.8 Å². The maximum atomic E-state index is 13.2. The van der Waals surface area contributed by atoms with Gasteiger partial charge in [0.25, 0.3) is 0 Å². The Bertz CT molecular complexity index is 1150. The molecule has 32 heavy (non-hydrogen) atoms. The highest BCUT2D eigenvalue weighted by Gasteiger charge is 2.20. The molecule has 5 nitrogen and oxygen atoms in total. The first-order valence-electron chi connectivity index (χ1n) is 10.4. The maximum Gasteiger partial charge on any atom is 0.232 e. The molecule has 0 saturated heterocycles. The van der Waals surface area contributed by atoms with Gasteiger partial charge in [0.2, 0.25) is 15.9 Å². The van der Waals surface area contributed by atoms with Gasteiger partial charge in [0.05, 0.1) is 18.0 Å². The van der Waals surface area contributed by atoms with Crippen molar-refractivity contribution < 1.29 is 17.6 Å². The number of sulfonamides is 1. The van der Waals surface area contributed by atoms with Gasteiger partial charge in [-0.25, -0.2) is 12.8 Å². The minimum atomic E-state index is -3.56. The molecule has 1 atom stereocenters. The zero-order valence-electron chi connectivity index (χ0n) is 18.2. The van der Waals surface area contributed by atoms with Gasteiger partial charge in [-0.1, -0.05) is 54.6 Å². The molecule has 0 bridgehead atoms. The van der Waals surface area contributed by atoms with Gasteiger partial charge in [0.15, 0.2) is 0 Å². The second kappa shape index (κ2) is 10.4. The molecule has 3 aromatic rings. The molecule has 1 amide bonds. The summed E-state index contributed by atoms with van der Waals surface area (Å²) in [6, 6.07) is 22.6. The molecule has 0 aliphatic rings. The minimum absolute atomic E-state index is 0.123. The van der Waals surface area contributed by atoms with Crippen LogP contribution in [0, 0.1) is 12.7 Å². The quantitative estimate of drug-likeness (QED) is 0.514. The Hall–Kier alpha value is -3.19. The number of rotatable bonds is 9. The molecule has 0 radical (unpaired) electrons. The second-order valence-corrected chi connectivity index (χ2v) is 9.59. The third kappa shape index (κ3) is 6.17. The first-order valence-corrected chi connectivity index (χ1v) is 12.2. The molecule has 1 N–H and O–H groups in total. The Kier molecular flexibility index (Phi) is 7.64. The summed E-state index contributed by atoms with van der Waals surface area (Å²) in [5.41, 5.74) is 3.42. The largest absolute Gasteiger partial charge is 0.345 e. The van der Waals surface area contributed by atoms with Crippen molar-refractivity contribution in [1.82, 2.24) is 5.32 Å². The predicted octanol–water partition coefficient (Wildman–Crippen LogP) is 4.59. The van der Waals surface area contributed by atoms with E-state index in [1.807, 2.05) is 61.5 Å². The van der Waals surface area contributed by atoms with Gasteiger partial charge < -0.3 is 5.32 Å². The molecule has 168 valence electrons. The molecule has 0 fully saturated rings. The van der Waals surface area contributed by atoms with Crippen molar-refractivity contribution in [3.05, 3.63) is 101 Å². The molecule has 0 heterocycles. The maximum absolute atomic E-state index is 13.2. The van der Waals surface area contributed by atoms with E-state index in [9.17, 15) is 17.6 Å². The highest BCUT2D eigenvalue weighted by atomic mass is 32.2. The van der Waals surface area contributed by atoms with E-state index in [0.717, 1.165) is 22.9 Å². The number of hydrogen-bond acceptors (Lipinski definition) is 3. The van der Waals surface area contributed by atoms with Crippen LogP contribution in [0.3, 0.4) is 0 Å². The summed E-state index contributed by atoms with van der Waals surface area (Å²) in [6.45, 7) is 2.13. The first kappa shape index (κ1) is 23.5. The molecule has 0 saturated carbocycles. The molecule has 0 unspecified atom stereocenters. The lowest BCUT2D eigenvalue weighted by molar-refractivity contribution is -0.121. The fraction of sp³-hybridized carbons (Fsp3) is 0.240. The summed E-state index contributed by atoms with van der Waals surface area (Å²) in [5, 5.41) is 3.09. The number of amides is 1. The van der Waals surface area contributed by atoms with E-state index in [-0.39, 0.29) is 24.9 Å². The zero-order chi connectivity index (χ0) is 23.1. The Balaban J connectivity index is 1.70. The van der Waals surface area contributed by atoms with Crippen LogP contribution in [0.25, 0.3) is 0 Å². The number of anilines is 1. The van der Waals surface area contributed by atoms with E-state index in [0.29, 0.717) is 12.1 Å². The number of nitrogens with zero attached hydrogens (tertiary/aromatic N) is 1. The number of hydrogen-bond donors (Lipinski definition) is 1. The van der Waals surface area contributed by atoms with Crippen molar-refractivity contribution in [3.63, 3.8) is 0 Å². The van der Waals surface area contributed by atoms with Crippen LogP contribution in [0.4, 0.5) is 10.1 Å². The number of aryl methyl sites for hydroxylation is 1. The van der Waals surface area contributed by atoms with Crippen LogP contribution >= 0.6 is 0 Å². The summed E-state index contributed by atoms with van der Waals surface area (Å²) in [6.07, 6.45) is 1.58. The smallest absolute Gasteiger partial charge is 0.232 e. The number of nitrogens with one attached hydrogen (secondary N) is 1. The average molecular weight is 455 g/mol. The minimum Gasteiger partial charge on any atom is -0.345 e. The van der Waals surface area contributed by atoms with Crippen molar-refractivity contribution in [2.75, 3.05) is 17.1 Å². The monoisotopic (exact) mass is 454 g/mol. The lowest BCUT2D eigenvalue weighted by atomic mass is 9.95. The van der Waals surface area contributed by atoms with Gasteiger partial charge in [-0.05, 0) is 54.3 Å². The van der Waals surface area contributed by atoms with Crippen molar-refractivity contribution in [3.8, 4) is 0 Å². The third-order valence-corrected chi connectivity index (χ3v) is 6.41. The van der Waals surface area contributed by atoms with Crippen LogP contribution in [0.5, 0.6) is 0 Å². The molecular weight excluding hydrogens is 427 g/mol. The van der Waals surface area contributed by atoms with E-state index >= 15 is 0 Å². The predicted molar refractivity (Wildman–Crippen MR) is 125 cm³/mol. The summed E-state index contributed by atoms with van der Waals surface area (Å²) in [4.78, 5) is 12.8. The molecule has 0 aliphatic heterocycles. The fourth-order valence-electron chi connectivity index (χ4n) is 3.61. The average Bonchev–Trinajstić information content (AvgIpc) is 2.76. The first-order chi connectivity index (χ1) is 15.3. The van der Waals surface area contributed by atoms with Crippen molar-refractivity contribution in [2.24, 2.45) is 0 Å². The highest BCUT2D eigenvalue weighted by molar-refractivity contribution is 7.92. The Morgan fingerprint density at radius 1 is 0.969 bits per heavy atom. The van der Waals surface area contributed by atoms with Gasteiger partial charge in [0, 0.05) is 13.0 Å². The van der Waals surface area contributed by atoms with Crippen LogP contribution in [0.15, 0.2) is 78.9 Å². The Morgan fingerprint density at radius 2 is 1.59 bits per heavy atom. The van der Waals surface area contributed by atoms with Crippen LogP contribution in [0.2, 0.25) is 0 Å². The SMILES string of the molecule is Cc1ccccc1[C@H](NC(=O)CCCN(c1ccc(F)cc1)S(C)(=O)=O)c1ccccc1. The molecule has 3 aromatic carbocycles. The number of carbonyl (C=O) groups is 1. The third-order valence-electron chi connectivity index (χ3n) is 5.22. The Morgan fingerprint density at radius 3 is 2.22 bits per heavy atom. The summed E-state index contributed by atoms with van der Waals surface area (Å²) >= 11 is 0. The summed E-state index contributed by atoms with van der Waals surface area (Å²) in [7, 11) is -3.56. The molecule has 0 aromatic heterocycles. The lowest BCUT2D eigenvalue weighted by Gasteiger charge is -2.24. The van der Waals surface area contributed by atoms with E-state index in [1.165, 1.54) is 28.6 Å². The lowest BCUT2D eigenvalue weighted by Crippen LogP contribution is -2.33. The fourth-order valence-corrected chi connectivity index (χ4v) is 4.57. The molecule has 3 rings (SSSR count). The van der Waals surface area contributed by atoms with Gasteiger partial charge in [0.1, 0.15) is 5.82 Å². The normalized spacial score (nSPS) is 12.2. The highest BCUT2D eigenvalue weighted by Crippen LogP contribution is 2.25. The number of halogens is 1. The zero-order valence-corrected chi connectivity index (χ0v) is 19.0. The van der Waals surface area contributed by atoms with Gasteiger partial charge in [-0.2, -0.15) is 0 Å². The standard InChI is InChI=1S/C25H27FN2O3S/c1-19-9-6-7-12-23(19)25(20-10-4-3-5-11-20)27-24(29)13-8-18-28(32(2,30)31)22-16-14-21(26)15-17-22/h3-7,9-12,14-17,25H,8,13,18H2,1-2H3,(H,27,29)/t25-/m1/s1. The van der Waals surface area contributed by atoms with Crippen LogP contribution < -0.4 is 9.62 Å². The molecule has 0 spiro atoms. The van der Waals surface area contributed by atoms with E-state index in [2.05, 4.69) is 5.32 Å². The van der Waals surface area contributed by atoms with E-state index in [1.54, 1.807) is 0 Å². The molecule has 0 aliphatic carbocycles. The summed E-state index contributed by atoms with van der Waals surface area (Å²) < 4.78 is 38.8. The van der Waals surface area contributed by atoms with Gasteiger partial charge in [-0.15, -0.1) is 0 Å². The second-order valence-electron chi connectivity index (χ2n) is 7.68. The number of benzene rings is 3. The Labute approximate surface area is 188 Å². The van der Waals surface area contributed by atoms with Gasteiger partial charge in [-0.3, -0.25) is 9.10 Å². The molecular formula is C25H27FN2O3S. The molecule has 7 heteroatoms. The van der Waals surface area contributed by atoms with Crippen molar-refractivity contribution >= 4 is 21.6 Å². The number of carbonyl (C=O) groups excluding carboxylic acids is 1.